The summed E-state index contributed by atoms with van der Waals surface area (Å²) in [6.45, 7) is 8.60. The first-order valence-corrected chi connectivity index (χ1v) is 7.99. The summed E-state index contributed by atoms with van der Waals surface area (Å²) in [4.78, 5) is 12.3. The third-order valence-electron chi connectivity index (χ3n) is 3.35. The molecule has 0 saturated carbocycles. The maximum absolute atomic E-state index is 12.3. The zero-order valence-electron chi connectivity index (χ0n) is 14.0. The molecular formula is C20H22ClNO. The molecule has 1 N–H and O–H groups in total. The highest BCUT2D eigenvalue weighted by Gasteiger charge is 2.09. The Morgan fingerprint density at radius 2 is 1.48 bits per heavy atom. The highest BCUT2D eigenvalue weighted by atomic mass is 35.5. The van der Waals surface area contributed by atoms with E-state index in [4.69, 9.17) is 11.6 Å². The fourth-order valence-electron chi connectivity index (χ4n) is 2.35. The SMILES string of the molecule is CC(=CC(C)(C)C)c1ccc(C(=O)Nc2ccc(Cl)cc2)cc1. The number of allylic oxidation sites excluding steroid dienone is 2. The normalized spacial score (nSPS) is 12.1. The second-order valence-electron chi connectivity index (χ2n) is 6.73. The maximum atomic E-state index is 12.3. The minimum absolute atomic E-state index is 0.128. The van der Waals surface area contributed by atoms with Crippen molar-refractivity contribution in [2.45, 2.75) is 27.7 Å². The molecule has 0 atom stereocenters. The summed E-state index contributed by atoms with van der Waals surface area (Å²) in [5.41, 5.74) is 3.83. The third-order valence-corrected chi connectivity index (χ3v) is 3.61. The van der Waals surface area contributed by atoms with Gasteiger partial charge in [0, 0.05) is 16.3 Å². The molecule has 0 aliphatic carbocycles. The average Bonchev–Trinajstić information content (AvgIpc) is 2.48. The monoisotopic (exact) mass is 327 g/mol. The highest BCUT2D eigenvalue weighted by molar-refractivity contribution is 6.30. The van der Waals surface area contributed by atoms with E-state index in [0.29, 0.717) is 10.6 Å². The topological polar surface area (TPSA) is 29.1 Å². The van der Waals surface area contributed by atoms with Crippen molar-refractivity contribution in [1.29, 1.82) is 0 Å². The Bertz CT molecular complexity index is 707. The molecule has 3 heteroatoms. The van der Waals surface area contributed by atoms with Gasteiger partial charge in [0.2, 0.25) is 0 Å². The fraction of sp³-hybridized carbons (Fsp3) is 0.250. The molecule has 120 valence electrons. The van der Waals surface area contributed by atoms with Gasteiger partial charge in [0.25, 0.3) is 5.91 Å². The van der Waals surface area contributed by atoms with E-state index in [1.54, 1.807) is 24.3 Å². The van der Waals surface area contributed by atoms with Crippen LogP contribution in [0.2, 0.25) is 5.02 Å². The molecule has 0 aliphatic rings. The number of halogens is 1. The highest BCUT2D eigenvalue weighted by Crippen LogP contribution is 2.23. The van der Waals surface area contributed by atoms with Gasteiger partial charge in [-0.2, -0.15) is 0 Å². The molecule has 2 nitrogen and oxygen atoms in total. The van der Waals surface area contributed by atoms with Crippen LogP contribution >= 0.6 is 11.6 Å². The molecule has 0 saturated heterocycles. The van der Waals surface area contributed by atoms with Crippen LogP contribution in [0.1, 0.15) is 43.6 Å². The molecule has 0 radical (unpaired) electrons. The molecule has 0 aromatic heterocycles. The summed E-state index contributed by atoms with van der Waals surface area (Å²) >= 11 is 5.84. The summed E-state index contributed by atoms with van der Waals surface area (Å²) in [5, 5.41) is 3.51. The average molecular weight is 328 g/mol. The molecule has 0 fully saturated rings. The van der Waals surface area contributed by atoms with Crippen molar-refractivity contribution in [3.05, 3.63) is 70.8 Å². The molecule has 0 bridgehead atoms. The largest absolute Gasteiger partial charge is 0.322 e. The van der Waals surface area contributed by atoms with E-state index < -0.39 is 0 Å². The van der Waals surface area contributed by atoms with Crippen LogP contribution in [-0.4, -0.2) is 5.91 Å². The summed E-state index contributed by atoms with van der Waals surface area (Å²) < 4.78 is 0. The minimum Gasteiger partial charge on any atom is -0.322 e. The van der Waals surface area contributed by atoms with Crippen molar-refractivity contribution in [2.75, 3.05) is 5.32 Å². The lowest BCUT2D eigenvalue weighted by Gasteiger charge is -2.14. The predicted octanol–water partition coefficient (Wildman–Crippen LogP) is 6.04. The van der Waals surface area contributed by atoms with Crippen LogP contribution in [0.15, 0.2) is 54.6 Å². The van der Waals surface area contributed by atoms with Crippen LogP contribution in [0.25, 0.3) is 5.57 Å². The van der Waals surface area contributed by atoms with Crippen LogP contribution in [0, 0.1) is 5.41 Å². The van der Waals surface area contributed by atoms with E-state index in [2.05, 4.69) is 39.1 Å². The molecule has 2 aromatic carbocycles. The fourth-order valence-corrected chi connectivity index (χ4v) is 2.48. The third kappa shape index (κ3) is 5.26. The smallest absolute Gasteiger partial charge is 0.255 e. The Balaban J connectivity index is 2.11. The van der Waals surface area contributed by atoms with Crippen molar-refractivity contribution in [1.82, 2.24) is 0 Å². The van der Waals surface area contributed by atoms with Crippen LogP contribution in [0.3, 0.4) is 0 Å². The van der Waals surface area contributed by atoms with Gasteiger partial charge in [-0.15, -0.1) is 0 Å². The summed E-state index contributed by atoms with van der Waals surface area (Å²) in [7, 11) is 0. The van der Waals surface area contributed by atoms with Gasteiger partial charge in [-0.1, -0.05) is 50.6 Å². The van der Waals surface area contributed by atoms with Gasteiger partial charge in [-0.25, -0.2) is 0 Å². The summed E-state index contributed by atoms with van der Waals surface area (Å²) in [6.07, 6.45) is 2.23. The number of carbonyl (C=O) groups is 1. The van der Waals surface area contributed by atoms with Gasteiger partial charge in [-0.05, 0) is 59.9 Å². The van der Waals surface area contributed by atoms with Gasteiger partial charge in [0.1, 0.15) is 0 Å². The second-order valence-corrected chi connectivity index (χ2v) is 7.17. The van der Waals surface area contributed by atoms with Crippen molar-refractivity contribution in [3.8, 4) is 0 Å². The van der Waals surface area contributed by atoms with E-state index >= 15 is 0 Å². The Morgan fingerprint density at radius 3 is 2.00 bits per heavy atom. The first-order chi connectivity index (χ1) is 10.7. The lowest BCUT2D eigenvalue weighted by molar-refractivity contribution is 0.102. The lowest BCUT2D eigenvalue weighted by atomic mass is 9.91. The summed E-state index contributed by atoms with van der Waals surface area (Å²) in [5.74, 6) is -0.128. The molecule has 2 aromatic rings. The number of carbonyl (C=O) groups excluding carboxylic acids is 1. The standard InChI is InChI=1S/C20H22ClNO/c1-14(13-20(2,3)4)15-5-7-16(8-6-15)19(23)22-18-11-9-17(21)10-12-18/h5-13H,1-4H3,(H,22,23). The Kier molecular flexibility index (Phi) is 5.27. The number of nitrogens with one attached hydrogen (secondary N) is 1. The van der Waals surface area contributed by atoms with Crippen molar-refractivity contribution in [3.63, 3.8) is 0 Å². The Labute approximate surface area is 143 Å². The maximum Gasteiger partial charge on any atom is 0.255 e. The first-order valence-electron chi connectivity index (χ1n) is 7.61. The van der Waals surface area contributed by atoms with E-state index in [9.17, 15) is 4.79 Å². The molecule has 23 heavy (non-hydrogen) atoms. The zero-order chi connectivity index (χ0) is 17.0. The Morgan fingerprint density at radius 1 is 0.957 bits per heavy atom. The van der Waals surface area contributed by atoms with E-state index in [0.717, 1.165) is 11.3 Å². The second kappa shape index (κ2) is 7.01. The molecule has 0 heterocycles. The van der Waals surface area contributed by atoms with Crippen LogP contribution in [-0.2, 0) is 0 Å². The van der Waals surface area contributed by atoms with E-state index in [1.807, 2.05) is 24.3 Å². The van der Waals surface area contributed by atoms with Gasteiger partial charge in [0.05, 0.1) is 0 Å². The zero-order valence-corrected chi connectivity index (χ0v) is 14.7. The molecular weight excluding hydrogens is 306 g/mol. The number of hydrogen-bond donors (Lipinski definition) is 1. The Hall–Kier alpha value is -2.06. The number of rotatable bonds is 3. The van der Waals surface area contributed by atoms with Crippen LogP contribution in [0.5, 0.6) is 0 Å². The lowest BCUT2D eigenvalue weighted by Crippen LogP contribution is -2.11. The van der Waals surface area contributed by atoms with Crippen molar-refractivity contribution < 1.29 is 4.79 Å². The number of benzene rings is 2. The summed E-state index contributed by atoms with van der Waals surface area (Å²) in [6, 6.07) is 14.7. The minimum atomic E-state index is -0.128. The number of hydrogen-bond acceptors (Lipinski definition) is 1. The quantitative estimate of drug-likeness (QED) is 0.731. The van der Waals surface area contributed by atoms with Crippen LogP contribution < -0.4 is 5.32 Å². The van der Waals surface area contributed by atoms with Crippen molar-refractivity contribution >= 4 is 28.8 Å². The number of anilines is 1. The van der Waals surface area contributed by atoms with Crippen molar-refractivity contribution in [2.24, 2.45) is 5.41 Å². The van der Waals surface area contributed by atoms with Gasteiger partial charge in [0.15, 0.2) is 0 Å². The van der Waals surface area contributed by atoms with Gasteiger partial charge < -0.3 is 5.32 Å². The van der Waals surface area contributed by atoms with E-state index in [1.165, 1.54) is 5.57 Å². The van der Waals surface area contributed by atoms with Gasteiger partial charge >= 0.3 is 0 Å². The molecule has 2 rings (SSSR count). The predicted molar refractivity (Wildman–Crippen MR) is 99.0 cm³/mol. The molecule has 0 unspecified atom stereocenters. The number of amides is 1. The molecule has 0 spiro atoms. The van der Waals surface area contributed by atoms with Crippen LogP contribution in [0.4, 0.5) is 5.69 Å². The van der Waals surface area contributed by atoms with E-state index in [-0.39, 0.29) is 11.3 Å². The molecule has 0 aliphatic heterocycles. The van der Waals surface area contributed by atoms with Gasteiger partial charge in [-0.3, -0.25) is 4.79 Å². The first kappa shape index (κ1) is 17.3. The molecule has 1 amide bonds.